The summed E-state index contributed by atoms with van der Waals surface area (Å²) in [6.07, 6.45) is 2.46. The highest BCUT2D eigenvalue weighted by atomic mass is 16.5. The number of rotatable bonds is 4. The monoisotopic (exact) mass is 358 g/mol. The van der Waals surface area contributed by atoms with Crippen LogP contribution in [0.15, 0.2) is 18.2 Å². The number of methoxy groups -OCH3 is 1. The van der Waals surface area contributed by atoms with Gasteiger partial charge in [0.1, 0.15) is 5.75 Å². The van der Waals surface area contributed by atoms with Crippen molar-refractivity contribution in [3.63, 3.8) is 0 Å². The number of amides is 2. The Morgan fingerprint density at radius 3 is 2.23 bits per heavy atom. The van der Waals surface area contributed by atoms with Crippen molar-refractivity contribution in [1.29, 1.82) is 0 Å². The van der Waals surface area contributed by atoms with Crippen molar-refractivity contribution in [2.24, 2.45) is 5.92 Å². The fraction of sp³-hybridized carbons (Fsp3) is 0.619. The maximum absolute atomic E-state index is 12.7. The van der Waals surface area contributed by atoms with E-state index in [1.54, 1.807) is 7.11 Å². The lowest BCUT2D eigenvalue weighted by molar-refractivity contribution is -0.140. The number of piperazine rings is 1. The molecule has 142 valence electrons. The Morgan fingerprint density at radius 2 is 1.69 bits per heavy atom. The molecule has 5 heteroatoms. The molecule has 0 aromatic heterocycles. The summed E-state index contributed by atoms with van der Waals surface area (Å²) < 4.78 is 5.47. The Balaban J connectivity index is 1.61. The molecule has 0 N–H and O–H groups in total. The van der Waals surface area contributed by atoms with Crippen LogP contribution in [0.5, 0.6) is 5.75 Å². The molecule has 1 aromatic rings. The van der Waals surface area contributed by atoms with E-state index in [0.29, 0.717) is 32.6 Å². The van der Waals surface area contributed by atoms with Crippen molar-refractivity contribution >= 4 is 11.8 Å². The van der Waals surface area contributed by atoms with E-state index in [1.807, 2.05) is 21.9 Å². The summed E-state index contributed by atoms with van der Waals surface area (Å²) in [6, 6.07) is 6.01. The number of hydrogen-bond acceptors (Lipinski definition) is 3. The molecule has 0 radical (unpaired) electrons. The highest BCUT2D eigenvalue weighted by Gasteiger charge is 2.35. The van der Waals surface area contributed by atoms with Gasteiger partial charge in [0.05, 0.1) is 13.5 Å². The minimum Gasteiger partial charge on any atom is -0.496 e. The zero-order valence-electron chi connectivity index (χ0n) is 16.4. The van der Waals surface area contributed by atoms with Crippen molar-refractivity contribution in [1.82, 2.24) is 9.80 Å². The normalized spacial score (nSPS) is 18.0. The molecule has 0 bridgehead atoms. The largest absolute Gasteiger partial charge is 0.496 e. The Hall–Kier alpha value is -2.04. The number of nitrogens with zero attached hydrogens (tertiary/aromatic N) is 2. The third kappa shape index (κ3) is 4.19. The molecule has 1 heterocycles. The maximum atomic E-state index is 12.7. The van der Waals surface area contributed by atoms with Gasteiger partial charge in [0.15, 0.2) is 0 Å². The van der Waals surface area contributed by atoms with Gasteiger partial charge in [-0.2, -0.15) is 0 Å². The molecule has 26 heavy (non-hydrogen) atoms. The Labute approximate surface area is 156 Å². The Morgan fingerprint density at radius 1 is 1.08 bits per heavy atom. The van der Waals surface area contributed by atoms with Crippen LogP contribution in [0.2, 0.25) is 0 Å². The smallest absolute Gasteiger partial charge is 0.227 e. The fourth-order valence-corrected chi connectivity index (χ4v) is 3.50. The first-order valence-electron chi connectivity index (χ1n) is 9.53. The average Bonchev–Trinajstić information content (AvgIpc) is 3.45. The van der Waals surface area contributed by atoms with Gasteiger partial charge in [0, 0.05) is 32.1 Å². The van der Waals surface area contributed by atoms with Gasteiger partial charge in [0.2, 0.25) is 11.8 Å². The van der Waals surface area contributed by atoms with Gasteiger partial charge in [-0.1, -0.05) is 32.9 Å². The van der Waals surface area contributed by atoms with Gasteiger partial charge >= 0.3 is 0 Å². The predicted molar refractivity (Wildman–Crippen MR) is 101 cm³/mol. The first-order chi connectivity index (χ1) is 12.3. The average molecular weight is 358 g/mol. The van der Waals surface area contributed by atoms with Gasteiger partial charge in [-0.25, -0.2) is 0 Å². The van der Waals surface area contributed by atoms with E-state index in [-0.39, 0.29) is 23.1 Å². The lowest BCUT2D eigenvalue weighted by atomic mass is 9.85. The summed E-state index contributed by atoms with van der Waals surface area (Å²) in [5, 5.41) is 0. The van der Waals surface area contributed by atoms with E-state index in [2.05, 4.69) is 26.8 Å². The van der Waals surface area contributed by atoms with Crippen molar-refractivity contribution in [2.45, 2.75) is 45.4 Å². The van der Waals surface area contributed by atoms with Crippen LogP contribution in [0.25, 0.3) is 0 Å². The molecule has 2 amide bonds. The SMILES string of the molecule is COc1ccc(CC(=O)N2CCN(C(=O)C3CC3)CC2)cc1C(C)(C)C. The molecule has 1 aliphatic heterocycles. The highest BCUT2D eigenvalue weighted by molar-refractivity contribution is 5.82. The number of hydrogen-bond donors (Lipinski definition) is 0. The van der Waals surface area contributed by atoms with Crippen LogP contribution in [0, 0.1) is 5.92 Å². The van der Waals surface area contributed by atoms with Crippen LogP contribution >= 0.6 is 0 Å². The quantitative estimate of drug-likeness (QED) is 0.831. The second-order valence-electron chi connectivity index (χ2n) is 8.44. The van der Waals surface area contributed by atoms with Crippen LogP contribution in [-0.4, -0.2) is 54.9 Å². The van der Waals surface area contributed by atoms with Crippen LogP contribution in [-0.2, 0) is 21.4 Å². The van der Waals surface area contributed by atoms with Crippen molar-refractivity contribution in [3.8, 4) is 5.75 Å². The van der Waals surface area contributed by atoms with Crippen molar-refractivity contribution in [3.05, 3.63) is 29.3 Å². The highest BCUT2D eigenvalue weighted by Crippen LogP contribution is 2.33. The topological polar surface area (TPSA) is 49.9 Å². The van der Waals surface area contributed by atoms with Crippen molar-refractivity contribution < 1.29 is 14.3 Å². The lowest BCUT2D eigenvalue weighted by Gasteiger charge is -2.35. The summed E-state index contributed by atoms with van der Waals surface area (Å²) in [7, 11) is 1.68. The Kier molecular flexibility index (Phi) is 5.26. The molecule has 3 rings (SSSR count). The molecule has 2 aliphatic rings. The van der Waals surface area contributed by atoms with E-state index >= 15 is 0 Å². The number of carbonyl (C=O) groups excluding carboxylic acids is 2. The van der Waals surface area contributed by atoms with Gasteiger partial charge in [-0.3, -0.25) is 9.59 Å². The molecular formula is C21H30N2O3. The minimum absolute atomic E-state index is 0.0425. The van der Waals surface area contributed by atoms with Gasteiger partial charge in [-0.15, -0.1) is 0 Å². The van der Waals surface area contributed by atoms with E-state index in [1.165, 1.54) is 0 Å². The third-order valence-electron chi connectivity index (χ3n) is 5.30. The van der Waals surface area contributed by atoms with E-state index < -0.39 is 0 Å². The zero-order chi connectivity index (χ0) is 18.9. The summed E-state index contributed by atoms with van der Waals surface area (Å²) in [5.41, 5.74) is 2.08. The summed E-state index contributed by atoms with van der Waals surface area (Å²) in [4.78, 5) is 28.6. The molecule has 1 saturated carbocycles. The standard InChI is InChI=1S/C21H30N2O3/c1-21(2,3)17-13-15(5-8-18(17)26-4)14-19(24)22-9-11-23(12-10-22)20(25)16-6-7-16/h5,8,13,16H,6-7,9-12,14H2,1-4H3. The van der Waals surface area contributed by atoms with E-state index in [4.69, 9.17) is 4.74 Å². The van der Waals surface area contributed by atoms with Gasteiger partial charge in [-0.05, 0) is 35.4 Å². The predicted octanol–water partition coefficient (Wildman–Crippen LogP) is 2.62. The molecule has 2 fully saturated rings. The van der Waals surface area contributed by atoms with E-state index in [0.717, 1.165) is 29.7 Å². The fourth-order valence-electron chi connectivity index (χ4n) is 3.50. The maximum Gasteiger partial charge on any atom is 0.227 e. The van der Waals surface area contributed by atoms with Crippen molar-refractivity contribution in [2.75, 3.05) is 33.3 Å². The summed E-state index contributed by atoms with van der Waals surface area (Å²) in [6.45, 7) is 9.04. The molecule has 5 nitrogen and oxygen atoms in total. The molecule has 1 aromatic carbocycles. The molecular weight excluding hydrogens is 328 g/mol. The second-order valence-corrected chi connectivity index (χ2v) is 8.44. The Bertz CT molecular complexity index is 681. The zero-order valence-corrected chi connectivity index (χ0v) is 16.4. The molecule has 0 atom stereocenters. The third-order valence-corrected chi connectivity index (χ3v) is 5.30. The van der Waals surface area contributed by atoms with E-state index in [9.17, 15) is 9.59 Å². The number of benzene rings is 1. The number of ether oxygens (including phenoxy) is 1. The van der Waals surface area contributed by atoms with Crippen LogP contribution in [0.1, 0.15) is 44.7 Å². The lowest BCUT2D eigenvalue weighted by Crippen LogP contribution is -2.51. The molecule has 0 spiro atoms. The molecule has 1 saturated heterocycles. The van der Waals surface area contributed by atoms with Gasteiger partial charge < -0.3 is 14.5 Å². The first-order valence-corrected chi connectivity index (χ1v) is 9.53. The summed E-state index contributed by atoms with van der Waals surface area (Å²) >= 11 is 0. The van der Waals surface area contributed by atoms with Crippen LogP contribution in [0.4, 0.5) is 0 Å². The summed E-state index contributed by atoms with van der Waals surface area (Å²) in [5.74, 6) is 1.53. The van der Waals surface area contributed by atoms with Crippen LogP contribution in [0.3, 0.4) is 0 Å². The second kappa shape index (κ2) is 7.29. The number of carbonyl (C=O) groups is 2. The first kappa shape index (κ1) is 18.7. The minimum atomic E-state index is -0.0425. The molecule has 0 unspecified atom stereocenters. The van der Waals surface area contributed by atoms with Gasteiger partial charge in [0.25, 0.3) is 0 Å². The molecule has 1 aliphatic carbocycles. The van der Waals surface area contributed by atoms with Crippen LogP contribution < -0.4 is 4.74 Å².